The number of carbonyl (C=O) groups is 1. The molecule has 0 radical (unpaired) electrons. The van der Waals surface area contributed by atoms with Crippen LogP contribution in [0.25, 0.3) is 0 Å². The number of ether oxygens (including phenoxy) is 2. The van der Waals surface area contributed by atoms with Gasteiger partial charge in [0.05, 0.1) is 25.4 Å². The molecule has 0 amide bonds. The maximum atomic E-state index is 11.7. The van der Waals surface area contributed by atoms with E-state index in [1.165, 1.54) is 7.11 Å². The smallest absolute Gasteiger partial charge is 0.340 e. The molecule has 100 valence electrons. The first-order valence-electron chi connectivity index (χ1n) is 6.04. The lowest BCUT2D eigenvalue weighted by Crippen LogP contribution is -2.17. The van der Waals surface area contributed by atoms with Crippen LogP contribution in [0.2, 0.25) is 0 Å². The highest BCUT2D eigenvalue weighted by atomic mass is 16.5. The van der Waals surface area contributed by atoms with Crippen molar-refractivity contribution in [3.05, 3.63) is 29.3 Å². The molecule has 0 aromatic heterocycles. The van der Waals surface area contributed by atoms with Gasteiger partial charge in [0.1, 0.15) is 0 Å². The summed E-state index contributed by atoms with van der Waals surface area (Å²) in [4.78, 5) is 11.7. The second-order valence-electron chi connectivity index (χ2n) is 4.63. The molecule has 0 aliphatic heterocycles. The lowest BCUT2D eigenvalue weighted by molar-refractivity contribution is 0.0225. The molecule has 1 aromatic rings. The Morgan fingerprint density at radius 2 is 2.00 bits per heavy atom. The fourth-order valence-electron chi connectivity index (χ4n) is 1.50. The Morgan fingerprint density at radius 1 is 1.33 bits per heavy atom. The lowest BCUT2D eigenvalue weighted by atomic mass is 10.1. The molecule has 0 bridgehead atoms. The molecule has 2 N–H and O–H groups in total. The summed E-state index contributed by atoms with van der Waals surface area (Å²) < 4.78 is 10.5. The van der Waals surface area contributed by atoms with E-state index in [-0.39, 0.29) is 6.10 Å². The topological polar surface area (TPSA) is 61.5 Å². The monoisotopic (exact) mass is 251 g/mol. The van der Waals surface area contributed by atoms with Crippen LogP contribution in [0.15, 0.2) is 18.2 Å². The maximum absolute atomic E-state index is 11.7. The summed E-state index contributed by atoms with van der Waals surface area (Å²) in [7, 11) is 1.34. The first kappa shape index (κ1) is 14.5. The first-order chi connectivity index (χ1) is 8.47. The quantitative estimate of drug-likeness (QED) is 0.645. The normalized spacial score (nSPS) is 12.5. The zero-order valence-corrected chi connectivity index (χ0v) is 11.4. The van der Waals surface area contributed by atoms with Gasteiger partial charge in [-0.3, -0.25) is 0 Å². The van der Waals surface area contributed by atoms with Gasteiger partial charge < -0.3 is 15.2 Å². The summed E-state index contributed by atoms with van der Waals surface area (Å²) in [5, 5.41) is 0. The van der Waals surface area contributed by atoms with Crippen LogP contribution in [0.5, 0.6) is 0 Å². The Labute approximate surface area is 108 Å². The number of benzene rings is 1. The Kier molecular flexibility index (Phi) is 5.16. The van der Waals surface area contributed by atoms with E-state index in [0.717, 1.165) is 5.56 Å². The standard InChI is InChI=1S/C14H21NO3/c1-9(2)10(3)18-8-11-6-5-7-12(15)13(11)14(16)17-4/h5-7,9-10H,8,15H2,1-4H3. The third-order valence-electron chi connectivity index (χ3n) is 3.01. The van der Waals surface area contributed by atoms with Crippen LogP contribution in [-0.2, 0) is 16.1 Å². The summed E-state index contributed by atoms with van der Waals surface area (Å²) in [6.45, 7) is 6.54. The minimum atomic E-state index is -0.427. The van der Waals surface area contributed by atoms with Crippen LogP contribution >= 0.6 is 0 Å². The van der Waals surface area contributed by atoms with Gasteiger partial charge in [-0.05, 0) is 24.5 Å². The van der Waals surface area contributed by atoms with Crippen molar-refractivity contribution >= 4 is 11.7 Å². The van der Waals surface area contributed by atoms with Crippen molar-refractivity contribution in [2.24, 2.45) is 5.92 Å². The molecule has 0 saturated heterocycles. The Morgan fingerprint density at radius 3 is 2.56 bits per heavy atom. The average Bonchev–Trinajstić information content (AvgIpc) is 2.34. The number of hydrogen-bond acceptors (Lipinski definition) is 4. The highest BCUT2D eigenvalue weighted by Gasteiger charge is 2.16. The molecule has 1 atom stereocenters. The Bertz CT molecular complexity index is 416. The molecule has 0 heterocycles. The largest absolute Gasteiger partial charge is 0.465 e. The molecule has 0 spiro atoms. The molecule has 1 rings (SSSR count). The van der Waals surface area contributed by atoms with Crippen LogP contribution in [0.3, 0.4) is 0 Å². The third-order valence-corrected chi connectivity index (χ3v) is 3.01. The van der Waals surface area contributed by atoms with Gasteiger partial charge in [-0.2, -0.15) is 0 Å². The molecule has 0 fully saturated rings. The molecule has 4 nitrogen and oxygen atoms in total. The molecule has 1 unspecified atom stereocenters. The number of nitrogens with two attached hydrogens (primary N) is 1. The van der Waals surface area contributed by atoms with Gasteiger partial charge in [0.2, 0.25) is 0 Å². The van der Waals surface area contributed by atoms with Crippen LogP contribution in [0, 0.1) is 5.92 Å². The van der Waals surface area contributed by atoms with E-state index in [0.29, 0.717) is 23.8 Å². The summed E-state index contributed by atoms with van der Waals surface area (Å²) in [6, 6.07) is 5.32. The highest BCUT2D eigenvalue weighted by Crippen LogP contribution is 2.20. The Hall–Kier alpha value is -1.55. The number of anilines is 1. The molecular weight excluding hydrogens is 230 g/mol. The molecular formula is C14H21NO3. The van der Waals surface area contributed by atoms with Crippen molar-refractivity contribution in [3.63, 3.8) is 0 Å². The number of nitrogen functional groups attached to an aromatic ring is 1. The highest BCUT2D eigenvalue weighted by molar-refractivity contribution is 5.96. The number of esters is 1. The van der Waals surface area contributed by atoms with Crippen LogP contribution < -0.4 is 5.73 Å². The predicted molar refractivity (Wildman–Crippen MR) is 71.3 cm³/mol. The summed E-state index contributed by atoms with van der Waals surface area (Å²) >= 11 is 0. The molecule has 1 aromatic carbocycles. The van der Waals surface area contributed by atoms with Crippen molar-refractivity contribution in [3.8, 4) is 0 Å². The summed E-state index contributed by atoms with van der Waals surface area (Å²) in [5.41, 5.74) is 7.38. The molecule has 0 aliphatic rings. The van der Waals surface area contributed by atoms with Gasteiger partial charge in [0.25, 0.3) is 0 Å². The second-order valence-corrected chi connectivity index (χ2v) is 4.63. The minimum Gasteiger partial charge on any atom is -0.465 e. The lowest BCUT2D eigenvalue weighted by Gasteiger charge is -2.18. The SMILES string of the molecule is COC(=O)c1c(N)cccc1COC(C)C(C)C. The maximum Gasteiger partial charge on any atom is 0.340 e. The van der Waals surface area contributed by atoms with E-state index >= 15 is 0 Å². The van der Waals surface area contributed by atoms with E-state index in [2.05, 4.69) is 13.8 Å². The van der Waals surface area contributed by atoms with Gasteiger partial charge in [-0.15, -0.1) is 0 Å². The van der Waals surface area contributed by atoms with E-state index in [9.17, 15) is 4.79 Å². The zero-order chi connectivity index (χ0) is 13.7. The van der Waals surface area contributed by atoms with Crippen molar-refractivity contribution < 1.29 is 14.3 Å². The van der Waals surface area contributed by atoms with Gasteiger partial charge in [-0.25, -0.2) is 4.79 Å². The van der Waals surface area contributed by atoms with Crippen molar-refractivity contribution in [2.75, 3.05) is 12.8 Å². The van der Waals surface area contributed by atoms with E-state index in [1.807, 2.05) is 13.0 Å². The van der Waals surface area contributed by atoms with Gasteiger partial charge in [0, 0.05) is 5.69 Å². The molecule has 18 heavy (non-hydrogen) atoms. The summed E-state index contributed by atoms with van der Waals surface area (Å²) in [5.74, 6) is -0.00321. The summed E-state index contributed by atoms with van der Waals surface area (Å²) in [6.07, 6.45) is 0.122. The van der Waals surface area contributed by atoms with E-state index in [1.54, 1.807) is 12.1 Å². The number of carbonyl (C=O) groups excluding carboxylic acids is 1. The van der Waals surface area contributed by atoms with Crippen LogP contribution in [-0.4, -0.2) is 19.2 Å². The number of hydrogen-bond donors (Lipinski definition) is 1. The zero-order valence-electron chi connectivity index (χ0n) is 11.4. The van der Waals surface area contributed by atoms with Crippen LogP contribution in [0.4, 0.5) is 5.69 Å². The number of rotatable bonds is 5. The van der Waals surface area contributed by atoms with E-state index in [4.69, 9.17) is 15.2 Å². The minimum absolute atomic E-state index is 0.122. The Balaban J connectivity index is 2.88. The van der Waals surface area contributed by atoms with Gasteiger partial charge in [-0.1, -0.05) is 26.0 Å². The van der Waals surface area contributed by atoms with Gasteiger partial charge in [0.15, 0.2) is 0 Å². The fraction of sp³-hybridized carbons (Fsp3) is 0.500. The van der Waals surface area contributed by atoms with Crippen LogP contribution in [0.1, 0.15) is 36.7 Å². The second kappa shape index (κ2) is 6.40. The van der Waals surface area contributed by atoms with Crippen molar-refractivity contribution in [1.82, 2.24) is 0 Å². The number of methoxy groups -OCH3 is 1. The van der Waals surface area contributed by atoms with Crippen molar-refractivity contribution in [2.45, 2.75) is 33.5 Å². The van der Waals surface area contributed by atoms with Gasteiger partial charge >= 0.3 is 5.97 Å². The third kappa shape index (κ3) is 3.47. The van der Waals surface area contributed by atoms with E-state index < -0.39 is 5.97 Å². The average molecular weight is 251 g/mol. The first-order valence-corrected chi connectivity index (χ1v) is 6.04. The van der Waals surface area contributed by atoms with Crippen molar-refractivity contribution in [1.29, 1.82) is 0 Å². The fourth-order valence-corrected chi connectivity index (χ4v) is 1.50. The molecule has 4 heteroatoms. The molecule has 0 aliphatic carbocycles. The predicted octanol–water partition coefficient (Wildman–Crippen LogP) is 2.62. The molecule has 0 saturated carbocycles.